The number of hydrogen-bond acceptors (Lipinski definition) is 3. The Morgan fingerprint density at radius 3 is 2.70 bits per heavy atom. The Bertz CT molecular complexity index is 139. The van der Waals surface area contributed by atoms with E-state index in [1.165, 1.54) is 0 Å². The van der Waals surface area contributed by atoms with E-state index in [2.05, 4.69) is 15.4 Å². The lowest BCUT2D eigenvalue weighted by Gasteiger charge is -1.86. The molecule has 58 valence electrons. The van der Waals surface area contributed by atoms with Crippen LogP contribution in [0.5, 0.6) is 0 Å². The molecule has 1 aromatic heterocycles. The number of ether oxygens (including phenoxy) is 1. The van der Waals surface area contributed by atoms with E-state index in [0.29, 0.717) is 6.61 Å². The Kier molecular flexibility index (Phi) is 5.66. The van der Waals surface area contributed by atoms with E-state index in [0.717, 1.165) is 5.69 Å². The third kappa shape index (κ3) is 3.19. The summed E-state index contributed by atoms with van der Waals surface area (Å²) in [5.74, 6) is 0. The number of hydrogen-bond donors (Lipinski definition) is 1. The number of aromatic nitrogens is 3. The molecule has 0 amide bonds. The fraction of sp³-hybridized carbons (Fsp3) is 0.667. The van der Waals surface area contributed by atoms with Crippen LogP contribution >= 0.6 is 0 Å². The molecular formula is C6H13N3O. The van der Waals surface area contributed by atoms with Crippen molar-refractivity contribution in [2.75, 3.05) is 7.11 Å². The number of nitrogens with one attached hydrogen (secondary N) is 1. The standard InChI is InChI=1S/C4H7N3O.C2H6/c1-8-3-4-2-5-7-6-4;1-2/h2H,3H2,1H3,(H,5,6,7);1-2H3. The second kappa shape index (κ2) is 6.22. The largest absolute Gasteiger partial charge is 0.378 e. The fourth-order valence-corrected chi connectivity index (χ4v) is 0.443. The lowest BCUT2D eigenvalue weighted by Crippen LogP contribution is -1.85. The summed E-state index contributed by atoms with van der Waals surface area (Å²) in [6.07, 6.45) is 1.63. The summed E-state index contributed by atoms with van der Waals surface area (Å²) < 4.78 is 4.76. The highest BCUT2D eigenvalue weighted by Crippen LogP contribution is 1.88. The molecule has 0 saturated heterocycles. The van der Waals surface area contributed by atoms with Crippen LogP contribution in [0.25, 0.3) is 0 Å². The molecule has 0 atom stereocenters. The van der Waals surface area contributed by atoms with Gasteiger partial charge in [-0.15, -0.1) is 0 Å². The predicted molar refractivity (Wildman–Crippen MR) is 38.4 cm³/mol. The maximum Gasteiger partial charge on any atom is 0.108 e. The van der Waals surface area contributed by atoms with Crippen LogP contribution in [0.15, 0.2) is 6.20 Å². The molecule has 0 spiro atoms. The Morgan fingerprint density at radius 1 is 1.60 bits per heavy atom. The SMILES string of the molecule is CC.COCc1cn[nH]n1. The number of nitrogens with zero attached hydrogens (tertiary/aromatic N) is 2. The van der Waals surface area contributed by atoms with Gasteiger partial charge >= 0.3 is 0 Å². The Labute approximate surface area is 60.6 Å². The zero-order valence-electron chi connectivity index (χ0n) is 6.59. The first-order chi connectivity index (χ1) is 4.93. The van der Waals surface area contributed by atoms with Gasteiger partial charge in [-0.2, -0.15) is 15.4 Å². The zero-order chi connectivity index (χ0) is 7.82. The van der Waals surface area contributed by atoms with Crippen molar-refractivity contribution in [2.24, 2.45) is 0 Å². The minimum Gasteiger partial charge on any atom is -0.378 e. The molecule has 1 aromatic rings. The van der Waals surface area contributed by atoms with Crippen LogP contribution in [0.4, 0.5) is 0 Å². The number of aromatic amines is 1. The summed E-state index contributed by atoms with van der Waals surface area (Å²) in [5.41, 5.74) is 0.826. The Balaban J connectivity index is 0.000000371. The van der Waals surface area contributed by atoms with Gasteiger partial charge in [0.1, 0.15) is 5.69 Å². The smallest absolute Gasteiger partial charge is 0.108 e. The molecule has 1 rings (SSSR count). The highest BCUT2D eigenvalue weighted by Gasteiger charge is 1.89. The topological polar surface area (TPSA) is 50.8 Å². The molecule has 4 heteroatoms. The van der Waals surface area contributed by atoms with Crippen molar-refractivity contribution in [3.8, 4) is 0 Å². The van der Waals surface area contributed by atoms with Gasteiger partial charge in [-0.1, -0.05) is 13.8 Å². The molecule has 0 unspecified atom stereocenters. The van der Waals surface area contributed by atoms with E-state index in [-0.39, 0.29) is 0 Å². The second-order valence-corrected chi connectivity index (χ2v) is 1.39. The minimum atomic E-state index is 0.524. The van der Waals surface area contributed by atoms with E-state index in [9.17, 15) is 0 Å². The fourth-order valence-electron chi connectivity index (χ4n) is 0.443. The van der Waals surface area contributed by atoms with Gasteiger partial charge < -0.3 is 4.74 Å². The molecule has 0 aromatic carbocycles. The van der Waals surface area contributed by atoms with Crippen molar-refractivity contribution < 1.29 is 4.74 Å². The minimum absolute atomic E-state index is 0.524. The normalized spacial score (nSPS) is 8.30. The first kappa shape index (κ1) is 9.10. The van der Waals surface area contributed by atoms with Gasteiger partial charge in [-0.05, 0) is 0 Å². The van der Waals surface area contributed by atoms with Crippen molar-refractivity contribution in [2.45, 2.75) is 20.5 Å². The van der Waals surface area contributed by atoms with E-state index < -0.39 is 0 Å². The highest BCUT2D eigenvalue weighted by atomic mass is 16.5. The van der Waals surface area contributed by atoms with Crippen LogP contribution in [0, 0.1) is 0 Å². The van der Waals surface area contributed by atoms with Crippen LogP contribution in [0.1, 0.15) is 19.5 Å². The Morgan fingerprint density at radius 2 is 2.30 bits per heavy atom. The zero-order valence-corrected chi connectivity index (χ0v) is 6.59. The van der Waals surface area contributed by atoms with Crippen molar-refractivity contribution in [3.63, 3.8) is 0 Å². The predicted octanol–water partition coefficient (Wildman–Crippen LogP) is 0.977. The number of H-pyrrole nitrogens is 1. The van der Waals surface area contributed by atoms with Gasteiger partial charge in [0.25, 0.3) is 0 Å². The van der Waals surface area contributed by atoms with Crippen LogP contribution in [0.2, 0.25) is 0 Å². The molecule has 1 heterocycles. The highest BCUT2D eigenvalue weighted by molar-refractivity contribution is 4.86. The van der Waals surface area contributed by atoms with Crippen molar-refractivity contribution in [1.82, 2.24) is 15.4 Å². The maximum atomic E-state index is 4.76. The van der Waals surface area contributed by atoms with E-state index >= 15 is 0 Å². The average Bonchev–Trinajstić information content (AvgIpc) is 2.46. The van der Waals surface area contributed by atoms with Crippen molar-refractivity contribution >= 4 is 0 Å². The third-order valence-corrected chi connectivity index (χ3v) is 0.757. The molecule has 0 aliphatic rings. The number of methoxy groups -OCH3 is 1. The summed E-state index contributed by atoms with van der Waals surface area (Å²) in [5, 5.41) is 9.80. The summed E-state index contributed by atoms with van der Waals surface area (Å²) in [4.78, 5) is 0. The van der Waals surface area contributed by atoms with Crippen LogP contribution in [-0.4, -0.2) is 22.5 Å². The van der Waals surface area contributed by atoms with Gasteiger partial charge in [0.15, 0.2) is 0 Å². The summed E-state index contributed by atoms with van der Waals surface area (Å²) in [6.45, 7) is 4.52. The molecular weight excluding hydrogens is 130 g/mol. The van der Waals surface area contributed by atoms with Gasteiger partial charge in [0.2, 0.25) is 0 Å². The van der Waals surface area contributed by atoms with Crippen LogP contribution in [0.3, 0.4) is 0 Å². The molecule has 0 aliphatic carbocycles. The van der Waals surface area contributed by atoms with E-state index in [4.69, 9.17) is 4.74 Å². The number of rotatable bonds is 2. The van der Waals surface area contributed by atoms with Crippen molar-refractivity contribution in [1.29, 1.82) is 0 Å². The molecule has 4 nitrogen and oxygen atoms in total. The van der Waals surface area contributed by atoms with Gasteiger partial charge in [-0.25, -0.2) is 0 Å². The molecule has 0 saturated carbocycles. The van der Waals surface area contributed by atoms with E-state index in [1.807, 2.05) is 13.8 Å². The summed E-state index contributed by atoms with van der Waals surface area (Å²) in [6, 6.07) is 0. The van der Waals surface area contributed by atoms with Gasteiger partial charge in [-0.3, -0.25) is 0 Å². The lowest BCUT2D eigenvalue weighted by molar-refractivity contribution is 0.181. The Hall–Kier alpha value is -0.900. The first-order valence-corrected chi connectivity index (χ1v) is 3.27. The molecule has 1 N–H and O–H groups in total. The molecule has 0 radical (unpaired) electrons. The summed E-state index contributed by atoms with van der Waals surface area (Å²) in [7, 11) is 1.62. The quantitative estimate of drug-likeness (QED) is 0.671. The molecule has 0 fully saturated rings. The molecule has 10 heavy (non-hydrogen) atoms. The maximum absolute atomic E-state index is 4.76. The third-order valence-electron chi connectivity index (χ3n) is 0.757. The van der Waals surface area contributed by atoms with Crippen molar-refractivity contribution in [3.05, 3.63) is 11.9 Å². The van der Waals surface area contributed by atoms with Crippen LogP contribution in [-0.2, 0) is 11.3 Å². The monoisotopic (exact) mass is 143 g/mol. The molecule has 0 bridgehead atoms. The lowest BCUT2D eigenvalue weighted by atomic mass is 10.5. The first-order valence-electron chi connectivity index (χ1n) is 3.27. The molecule has 0 aliphatic heterocycles. The van der Waals surface area contributed by atoms with E-state index in [1.54, 1.807) is 13.3 Å². The van der Waals surface area contributed by atoms with Crippen LogP contribution < -0.4 is 0 Å². The summed E-state index contributed by atoms with van der Waals surface area (Å²) >= 11 is 0. The van der Waals surface area contributed by atoms with Gasteiger partial charge in [0, 0.05) is 7.11 Å². The average molecular weight is 143 g/mol. The van der Waals surface area contributed by atoms with Gasteiger partial charge in [0.05, 0.1) is 12.8 Å². The second-order valence-electron chi connectivity index (χ2n) is 1.39.